The molecule has 2 aliphatic heterocycles. The minimum Gasteiger partial charge on any atom is -0.458 e. The Morgan fingerprint density at radius 3 is 2.77 bits per heavy atom. The van der Waals surface area contributed by atoms with Gasteiger partial charge in [-0.3, -0.25) is 0 Å². The van der Waals surface area contributed by atoms with Crippen LogP contribution in [0.3, 0.4) is 0 Å². The Bertz CT molecular complexity index is 639. The van der Waals surface area contributed by atoms with Crippen LogP contribution in [0.2, 0.25) is 0 Å². The maximum Gasteiger partial charge on any atom is 0.338 e. The van der Waals surface area contributed by atoms with Gasteiger partial charge >= 0.3 is 11.9 Å². The normalized spacial score (nSPS) is 35.2. The highest BCUT2D eigenvalue weighted by Crippen LogP contribution is 2.48. The van der Waals surface area contributed by atoms with Gasteiger partial charge in [-0.25, -0.2) is 9.59 Å². The van der Waals surface area contributed by atoms with Gasteiger partial charge in [-0.15, -0.1) is 0 Å². The van der Waals surface area contributed by atoms with E-state index in [-0.39, 0.29) is 24.0 Å². The van der Waals surface area contributed by atoms with Gasteiger partial charge in [0.1, 0.15) is 6.10 Å². The van der Waals surface area contributed by atoms with Crippen molar-refractivity contribution in [2.75, 3.05) is 0 Å². The molecule has 1 fully saturated rings. The maximum atomic E-state index is 12.1. The van der Waals surface area contributed by atoms with Crippen molar-refractivity contribution in [1.29, 1.82) is 0 Å². The lowest BCUT2D eigenvalue weighted by Crippen LogP contribution is -2.14. The number of allylic oxidation sites excluding steroid dienone is 1. The largest absolute Gasteiger partial charge is 0.458 e. The van der Waals surface area contributed by atoms with Crippen LogP contribution in [-0.4, -0.2) is 24.3 Å². The highest BCUT2D eigenvalue weighted by atomic mass is 16.7. The fraction of sp³-hybridized carbons (Fsp3) is 0.529. The maximum absolute atomic E-state index is 12.1. The molecule has 0 saturated carbocycles. The molecule has 5 heteroatoms. The molecule has 22 heavy (non-hydrogen) atoms. The van der Waals surface area contributed by atoms with Crippen molar-refractivity contribution in [3.8, 4) is 0 Å². The third-order valence-corrected chi connectivity index (χ3v) is 4.93. The van der Waals surface area contributed by atoms with Crippen LogP contribution < -0.4 is 0 Å². The lowest BCUT2D eigenvalue weighted by molar-refractivity contribution is -0.152. The van der Waals surface area contributed by atoms with E-state index < -0.39 is 6.29 Å². The summed E-state index contributed by atoms with van der Waals surface area (Å²) in [6, 6.07) is 0. The highest BCUT2D eigenvalue weighted by Gasteiger charge is 2.47. The fourth-order valence-corrected chi connectivity index (χ4v) is 3.79. The van der Waals surface area contributed by atoms with E-state index in [9.17, 15) is 9.59 Å². The number of esters is 2. The van der Waals surface area contributed by atoms with Crippen LogP contribution in [0.25, 0.3) is 0 Å². The van der Waals surface area contributed by atoms with Gasteiger partial charge < -0.3 is 14.2 Å². The van der Waals surface area contributed by atoms with E-state index in [1.54, 1.807) is 13.0 Å². The number of cyclic esters (lactones) is 1. The molecule has 0 N–H and O–H groups in total. The number of hydrogen-bond acceptors (Lipinski definition) is 5. The molecule has 116 valence electrons. The first-order chi connectivity index (χ1) is 10.6. The molecule has 0 aromatic rings. The summed E-state index contributed by atoms with van der Waals surface area (Å²) in [6.07, 6.45) is 7.66. The van der Waals surface area contributed by atoms with E-state index in [0.717, 1.165) is 19.3 Å². The van der Waals surface area contributed by atoms with Crippen LogP contribution >= 0.6 is 0 Å². The summed E-state index contributed by atoms with van der Waals surface area (Å²) in [5.74, 6) is -0.622. The van der Waals surface area contributed by atoms with Gasteiger partial charge in [0.05, 0.1) is 11.8 Å². The Hall–Kier alpha value is -2.04. The predicted octanol–water partition coefficient (Wildman–Crippen LogP) is 2.53. The van der Waals surface area contributed by atoms with E-state index in [1.165, 1.54) is 30.2 Å². The van der Waals surface area contributed by atoms with Gasteiger partial charge in [0.2, 0.25) is 0 Å². The zero-order valence-electron chi connectivity index (χ0n) is 12.5. The van der Waals surface area contributed by atoms with Crippen LogP contribution in [0.4, 0.5) is 0 Å². The Balaban J connectivity index is 1.50. The lowest BCUT2D eigenvalue weighted by Gasteiger charge is -2.17. The van der Waals surface area contributed by atoms with E-state index in [1.807, 2.05) is 0 Å². The Morgan fingerprint density at radius 2 is 2.00 bits per heavy atom. The molecule has 4 aliphatic rings. The summed E-state index contributed by atoms with van der Waals surface area (Å²) in [5.41, 5.74) is 3.88. The topological polar surface area (TPSA) is 61.8 Å². The zero-order chi connectivity index (χ0) is 15.3. The molecule has 2 heterocycles. The van der Waals surface area contributed by atoms with Crippen LogP contribution in [0.1, 0.15) is 39.0 Å². The van der Waals surface area contributed by atoms with Crippen molar-refractivity contribution < 1.29 is 23.8 Å². The third-order valence-electron chi connectivity index (χ3n) is 4.93. The summed E-state index contributed by atoms with van der Waals surface area (Å²) >= 11 is 0. The van der Waals surface area contributed by atoms with Crippen LogP contribution in [0.5, 0.6) is 0 Å². The first-order valence-electron chi connectivity index (χ1n) is 7.80. The van der Waals surface area contributed by atoms with E-state index >= 15 is 0 Å². The van der Waals surface area contributed by atoms with Crippen molar-refractivity contribution in [3.63, 3.8) is 0 Å². The number of fused-ring (bicyclic) bond motifs is 2. The quantitative estimate of drug-likeness (QED) is 0.339. The molecule has 2 aliphatic carbocycles. The Kier molecular flexibility index (Phi) is 3.10. The second-order valence-electron chi connectivity index (χ2n) is 6.31. The first kappa shape index (κ1) is 13.6. The summed E-state index contributed by atoms with van der Waals surface area (Å²) in [7, 11) is 0. The Morgan fingerprint density at radius 1 is 1.18 bits per heavy atom. The van der Waals surface area contributed by atoms with Gasteiger partial charge in [0, 0.05) is 17.6 Å². The van der Waals surface area contributed by atoms with Crippen LogP contribution in [-0.2, 0) is 23.8 Å². The second kappa shape index (κ2) is 5.00. The van der Waals surface area contributed by atoms with Crippen molar-refractivity contribution >= 4 is 11.9 Å². The third kappa shape index (κ3) is 2.07. The molecule has 0 aromatic heterocycles. The minimum absolute atomic E-state index is 0.0674. The molecule has 1 saturated heterocycles. The monoisotopic (exact) mass is 302 g/mol. The molecule has 0 aromatic carbocycles. The Labute approximate surface area is 128 Å². The fourth-order valence-electron chi connectivity index (χ4n) is 3.79. The molecule has 3 atom stereocenters. The molecule has 5 nitrogen and oxygen atoms in total. The molecule has 0 radical (unpaired) electrons. The molecule has 0 bridgehead atoms. The molecule has 1 unspecified atom stereocenters. The number of ether oxygens (including phenoxy) is 3. The SMILES string of the molecule is CC1=CC(O/C=C2/C(=O)O[C@@H]3C4=C(CCCC4)C[C@H]23)OC1=O. The summed E-state index contributed by atoms with van der Waals surface area (Å²) in [4.78, 5) is 23.4. The predicted molar refractivity (Wildman–Crippen MR) is 76.3 cm³/mol. The summed E-state index contributed by atoms with van der Waals surface area (Å²) < 4.78 is 16.0. The van der Waals surface area contributed by atoms with Gasteiger partial charge in [0.15, 0.2) is 0 Å². The summed E-state index contributed by atoms with van der Waals surface area (Å²) in [6.45, 7) is 1.67. The molecule has 4 rings (SSSR count). The van der Waals surface area contributed by atoms with Gasteiger partial charge in [-0.05, 0) is 44.6 Å². The second-order valence-corrected chi connectivity index (χ2v) is 6.31. The van der Waals surface area contributed by atoms with E-state index in [2.05, 4.69) is 0 Å². The smallest absolute Gasteiger partial charge is 0.338 e. The average Bonchev–Trinajstić information content (AvgIpc) is 3.10. The van der Waals surface area contributed by atoms with E-state index in [0.29, 0.717) is 11.1 Å². The molecular formula is C17H18O5. The average molecular weight is 302 g/mol. The van der Waals surface area contributed by atoms with Crippen molar-refractivity contribution in [2.45, 2.75) is 51.4 Å². The molecule has 0 spiro atoms. The standard InChI is InChI=1S/C17H18O5/c1-9-6-14(21-16(9)18)20-8-13-12-7-10-4-2-3-5-11(10)15(12)22-17(13)19/h6,8,12,14-15H,2-5,7H2,1H3/b13-8+/t12-,14?,15-/m1/s1. The van der Waals surface area contributed by atoms with Crippen LogP contribution in [0.15, 0.2) is 34.6 Å². The first-order valence-corrected chi connectivity index (χ1v) is 7.80. The number of carbonyl (C=O) groups excluding carboxylic acids is 2. The number of carbonyl (C=O) groups is 2. The number of rotatable bonds is 2. The zero-order valence-corrected chi connectivity index (χ0v) is 12.5. The van der Waals surface area contributed by atoms with Crippen molar-refractivity contribution in [1.82, 2.24) is 0 Å². The molecular weight excluding hydrogens is 284 g/mol. The minimum atomic E-state index is -0.740. The molecule has 0 amide bonds. The number of hydrogen-bond donors (Lipinski definition) is 0. The van der Waals surface area contributed by atoms with Crippen molar-refractivity contribution in [2.24, 2.45) is 5.92 Å². The van der Waals surface area contributed by atoms with Crippen LogP contribution in [0, 0.1) is 5.92 Å². The van der Waals surface area contributed by atoms with E-state index in [4.69, 9.17) is 14.2 Å². The lowest BCUT2D eigenvalue weighted by atomic mass is 9.93. The van der Waals surface area contributed by atoms with Gasteiger partial charge in [-0.2, -0.15) is 0 Å². The highest BCUT2D eigenvalue weighted by molar-refractivity contribution is 5.92. The van der Waals surface area contributed by atoms with Gasteiger partial charge in [0.25, 0.3) is 6.29 Å². The van der Waals surface area contributed by atoms with Gasteiger partial charge in [-0.1, -0.05) is 5.57 Å². The summed E-state index contributed by atoms with van der Waals surface area (Å²) in [5, 5.41) is 0. The van der Waals surface area contributed by atoms with Crippen molar-refractivity contribution in [3.05, 3.63) is 34.6 Å².